The van der Waals surface area contributed by atoms with Gasteiger partial charge in [0.1, 0.15) is 11.9 Å². The first kappa shape index (κ1) is 14.0. The molecule has 3 nitrogen and oxygen atoms in total. The lowest BCUT2D eigenvalue weighted by Gasteiger charge is -2.10. The minimum Gasteiger partial charge on any atom is -0.386 e. The number of aryl methyl sites for hydroxylation is 1. The third kappa shape index (κ3) is 2.64. The molecule has 0 aliphatic heterocycles. The zero-order valence-electron chi connectivity index (χ0n) is 11.4. The lowest BCUT2D eigenvalue weighted by Crippen LogP contribution is -2.05. The maximum absolute atomic E-state index is 13.3. The Hall–Kier alpha value is -1.91. The molecule has 1 aromatic heterocycles. The summed E-state index contributed by atoms with van der Waals surface area (Å²) in [5.74, 6) is -0.368. The average molecular weight is 305 g/mol. The molecule has 3 aromatic rings. The van der Waals surface area contributed by atoms with Crippen molar-refractivity contribution in [3.8, 4) is 0 Å². The molecule has 2 aromatic carbocycles. The highest BCUT2D eigenvalue weighted by molar-refractivity contribution is 6.31. The SMILES string of the molecule is Cn1nc(C(O)Cc2cc(F)ccc2Cl)c2ccccc21. The summed E-state index contributed by atoms with van der Waals surface area (Å²) in [4.78, 5) is 0. The first-order valence-corrected chi connectivity index (χ1v) is 6.97. The predicted octanol–water partition coefficient (Wildman–Crippen LogP) is 3.64. The van der Waals surface area contributed by atoms with Gasteiger partial charge in [0.25, 0.3) is 0 Å². The molecule has 0 aliphatic carbocycles. The second-order valence-electron chi connectivity index (χ2n) is 4.98. The van der Waals surface area contributed by atoms with E-state index in [4.69, 9.17) is 11.6 Å². The van der Waals surface area contributed by atoms with Gasteiger partial charge in [-0.2, -0.15) is 5.10 Å². The molecule has 108 valence electrons. The van der Waals surface area contributed by atoms with Crippen LogP contribution in [0.25, 0.3) is 10.9 Å². The van der Waals surface area contributed by atoms with Crippen LogP contribution in [0.3, 0.4) is 0 Å². The Morgan fingerprint density at radius 2 is 2.05 bits per heavy atom. The first-order valence-electron chi connectivity index (χ1n) is 6.60. The Morgan fingerprint density at radius 1 is 1.29 bits per heavy atom. The molecule has 0 spiro atoms. The smallest absolute Gasteiger partial charge is 0.123 e. The number of nitrogens with zero attached hydrogens (tertiary/aromatic N) is 2. The van der Waals surface area contributed by atoms with Gasteiger partial charge in [0, 0.05) is 23.9 Å². The van der Waals surface area contributed by atoms with Gasteiger partial charge in [0.2, 0.25) is 0 Å². The van der Waals surface area contributed by atoms with Gasteiger partial charge in [0.15, 0.2) is 0 Å². The van der Waals surface area contributed by atoms with Crippen LogP contribution in [0.4, 0.5) is 4.39 Å². The van der Waals surface area contributed by atoms with E-state index in [2.05, 4.69) is 5.10 Å². The number of fused-ring (bicyclic) bond motifs is 1. The van der Waals surface area contributed by atoms with Crippen molar-refractivity contribution in [1.82, 2.24) is 9.78 Å². The molecule has 0 amide bonds. The van der Waals surface area contributed by atoms with Crippen LogP contribution in [-0.4, -0.2) is 14.9 Å². The van der Waals surface area contributed by atoms with Crippen molar-refractivity contribution in [3.63, 3.8) is 0 Å². The fraction of sp³-hybridized carbons (Fsp3) is 0.188. The van der Waals surface area contributed by atoms with Gasteiger partial charge in [-0.25, -0.2) is 4.39 Å². The number of para-hydroxylation sites is 1. The monoisotopic (exact) mass is 304 g/mol. The zero-order valence-corrected chi connectivity index (χ0v) is 12.2. The van der Waals surface area contributed by atoms with Crippen molar-refractivity contribution in [3.05, 3.63) is 64.6 Å². The van der Waals surface area contributed by atoms with Crippen LogP contribution in [0.5, 0.6) is 0 Å². The summed E-state index contributed by atoms with van der Waals surface area (Å²) in [7, 11) is 1.83. The molecule has 0 aliphatic rings. The van der Waals surface area contributed by atoms with Gasteiger partial charge >= 0.3 is 0 Å². The average Bonchev–Trinajstić information content (AvgIpc) is 2.81. The van der Waals surface area contributed by atoms with E-state index in [1.54, 1.807) is 4.68 Å². The maximum atomic E-state index is 13.3. The molecule has 0 bridgehead atoms. The molecular weight excluding hydrogens is 291 g/mol. The van der Waals surface area contributed by atoms with Crippen LogP contribution >= 0.6 is 11.6 Å². The molecule has 1 N–H and O–H groups in total. The number of aliphatic hydroxyl groups is 1. The molecule has 21 heavy (non-hydrogen) atoms. The quantitative estimate of drug-likeness (QED) is 0.802. The highest BCUT2D eigenvalue weighted by atomic mass is 35.5. The van der Waals surface area contributed by atoms with E-state index in [0.29, 0.717) is 16.3 Å². The predicted molar refractivity (Wildman–Crippen MR) is 80.8 cm³/mol. The Morgan fingerprint density at radius 3 is 2.86 bits per heavy atom. The van der Waals surface area contributed by atoms with Crippen LogP contribution < -0.4 is 0 Å². The number of halogens is 2. The Labute approximate surface area is 126 Å². The summed E-state index contributed by atoms with van der Waals surface area (Å²) in [6.07, 6.45) is -0.618. The Balaban J connectivity index is 1.97. The number of hydrogen-bond donors (Lipinski definition) is 1. The van der Waals surface area contributed by atoms with E-state index >= 15 is 0 Å². The molecule has 5 heteroatoms. The molecule has 0 fully saturated rings. The van der Waals surface area contributed by atoms with Crippen LogP contribution in [0.1, 0.15) is 17.4 Å². The van der Waals surface area contributed by atoms with Crippen molar-refractivity contribution < 1.29 is 9.50 Å². The van der Waals surface area contributed by atoms with Gasteiger partial charge in [0.05, 0.1) is 11.2 Å². The normalized spacial score (nSPS) is 12.8. The number of benzene rings is 2. The van der Waals surface area contributed by atoms with Crippen LogP contribution in [0.2, 0.25) is 5.02 Å². The summed E-state index contributed by atoms with van der Waals surface area (Å²) in [6.45, 7) is 0. The Bertz CT molecular complexity index is 800. The van der Waals surface area contributed by atoms with Crippen LogP contribution in [0.15, 0.2) is 42.5 Å². The van der Waals surface area contributed by atoms with Crippen LogP contribution in [0, 0.1) is 5.82 Å². The van der Waals surface area contributed by atoms with Gasteiger partial charge in [-0.15, -0.1) is 0 Å². The molecule has 0 saturated carbocycles. The summed E-state index contributed by atoms with van der Waals surface area (Å²) in [5, 5.41) is 16.1. The minimum absolute atomic E-state index is 0.220. The fourth-order valence-electron chi connectivity index (χ4n) is 2.49. The molecule has 0 radical (unpaired) electrons. The maximum Gasteiger partial charge on any atom is 0.123 e. The van der Waals surface area contributed by atoms with Gasteiger partial charge < -0.3 is 5.11 Å². The zero-order chi connectivity index (χ0) is 15.0. The summed E-state index contributed by atoms with van der Waals surface area (Å²) >= 11 is 6.05. The van der Waals surface area contributed by atoms with Crippen molar-refractivity contribution in [2.75, 3.05) is 0 Å². The lowest BCUT2D eigenvalue weighted by atomic mass is 10.0. The second-order valence-corrected chi connectivity index (χ2v) is 5.39. The topological polar surface area (TPSA) is 38.0 Å². The molecule has 1 unspecified atom stereocenters. The summed E-state index contributed by atoms with van der Waals surface area (Å²) < 4.78 is 15.0. The van der Waals surface area contributed by atoms with Crippen LogP contribution in [-0.2, 0) is 13.5 Å². The van der Waals surface area contributed by atoms with E-state index in [9.17, 15) is 9.50 Å². The van der Waals surface area contributed by atoms with E-state index < -0.39 is 6.10 Å². The second kappa shape index (κ2) is 5.47. The number of hydrogen-bond acceptors (Lipinski definition) is 2. The molecule has 3 rings (SSSR count). The van der Waals surface area contributed by atoms with Gasteiger partial charge in [-0.05, 0) is 29.8 Å². The first-order chi connectivity index (χ1) is 10.1. The molecular formula is C16H14ClFN2O. The standard InChI is InChI=1S/C16H14ClFN2O/c1-20-14-5-3-2-4-12(14)16(19-20)15(21)9-10-8-11(18)6-7-13(10)17/h2-8,15,21H,9H2,1H3. The van der Waals surface area contributed by atoms with Crippen molar-refractivity contribution in [1.29, 1.82) is 0 Å². The van der Waals surface area contributed by atoms with Crippen molar-refractivity contribution >= 4 is 22.5 Å². The number of rotatable bonds is 3. The number of aromatic nitrogens is 2. The molecule has 1 atom stereocenters. The van der Waals surface area contributed by atoms with Crippen molar-refractivity contribution in [2.24, 2.45) is 7.05 Å². The highest BCUT2D eigenvalue weighted by Gasteiger charge is 2.18. The third-order valence-corrected chi connectivity index (χ3v) is 3.89. The van der Waals surface area contributed by atoms with Crippen molar-refractivity contribution in [2.45, 2.75) is 12.5 Å². The largest absolute Gasteiger partial charge is 0.386 e. The molecule has 1 heterocycles. The fourth-order valence-corrected chi connectivity index (χ4v) is 2.69. The lowest BCUT2D eigenvalue weighted by molar-refractivity contribution is 0.174. The molecule has 0 saturated heterocycles. The number of aliphatic hydroxyl groups excluding tert-OH is 1. The van der Waals surface area contributed by atoms with E-state index in [-0.39, 0.29) is 12.2 Å². The Kier molecular flexibility index (Phi) is 3.66. The summed E-state index contributed by atoms with van der Waals surface area (Å²) in [5.41, 5.74) is 2.09. The van der Waals surface area contributed by atoms with E-state index in [1.165, 1.54) is 18.2 Å². The summed E-state index contributed by atoms with van der Waals surface area (Å²) in [6, 6.07) is 11.8. The minimum atomic E-state index is -0.838. The van der Waals surface area contributed by atoms with Gasteiger partial charge in [-0.1, -0.05) is 29.8 Å². The third-order valence-electron chi connectivity index (χ3n) is 3.52. The van der Waals surface area contributed by atoms with E-state index in [0.717, 1.165) is 10.9 Å². The highest BCUT2D eigenvalue weighted by Crippen LogP contribution is 2.28. The van der Waals surface area contributed by atoms with E-state index in [1.807, 2.05) is 31.3 Å². The van der Waals surface area contributed by atoms with Gasteiger partial charge in [-0.3, -0.25) is 4.68 Å².